The number of carbonyl (C=O) groups is 4. The molecule has 45 heavy (non-hydrogen) atoms. The van der Waals surface area contributed by atoms with Crippen molar-refractivity contribution in [1.29, 1.82) is 0 Å². The molecule has 3 fully saturated rings. The summed E-state index contributed by atoms with van der Waals surface area (Å²) < 4.78 is 12.4. The number of carbonyl (C=O) groups excluding carboxylic acids is 4. The zero-order valence-electron chi connectivity index (χ0n) is 26.7. The van der Waals surface area contributed by atoms with Crippen molar-refractivity contribution in [3.63, 3.8) is 0 Å². The van der Waals surface area contributed by atoms with Gasteiger partial charge in [-0.2, -0.15) is 0 Å². The van der Waals surface area contributed by atoms with E-state index >= 15 is 0 Å². The van der Waals surface area contributed by atoms with Gasteiger partial charge in [0.2, 0.25) is 17.7 Å². The van der Waals surface area contributed by atoms with Gasteiger partial charge in [0, 0.05) is 19.5 Å². The third-order valence-corrected chi connectivity index (χ3v) is 9.33. The van der Waals surface area contributed by atoms with E-state index in [1.165, 1.54) is 4.90 Å². The molecule has 0 unspecified atom stereocenters. The number of nitrogens with zero attached hydrogens (tertiary/aromatic N) is 2. The maximum atomic E-state index is 14.5. The standard InChI is InChI=1S/C35H49N3O7/c1-5-8-13-20-37(19-7-3)33(42)31-35-18-17-27(45-35)29(34(43)44-24(4)22-36-28(40)16-9-6-2)30(35)32(41)38(31)26(23-39)21-25-14-11-10-12-15-25/h6-7,10-12,14-15,24,26-27,29-31,39H,2-3,5,8-9,13,16-23H2,1,4H3,(H,36,40)/t24-,26-,27-,29+,30+,31-,35+/m1/s1. The first-order valence-corrected chi connectivity index (χ1v) is 16.3. The summed E-state index contributed by atoms with van der Waals surface area (Å²) in [5, 5.41) is 13.4. The molecule has 0 aliphatic carbocycles. The number of unbranched alkanes of at least 4 members (excludes halogenated alkanes) is 2. The molecule has 2 bridgehead atoms. The maximum absolute atomic E-state index is 14.5. The zero-order chi connectivity index (χ0) is 32.6. The molecule has 2 N–H and O–H groups in total. The van der Waals surface area contributed by atoms with E-state index < -0.39 is 47.7 Å². The molecule has 3 saturated heterocycles. The minimum Gasteiger partial charge on any atom is -0.460 e. The number of esters is 1. The van der Waals surface area contributed by atoms with E-state index in [-0.39, 0.29) is 30.9 Å². The predicted octanol–water partition coefficient (Wildman–Crippen LogP) is 3.18. The molecular formula is C35H49N3O7. The number of ether oxygens (including phenoxy) is 2. The molecule has 1 aromatic carbocycles. The minimum atomic E-state index is -1.21. The number of amides is 3. The first kappa shape index (κ1) is 34.4. The van der Waals surface area contributed by atoms with Crippen LogP contribution in [0.25, 0.3) is 0 Å². The van der Waals surface area contributed by atoms with Crippen LogP contribution in [0.5, 0.6) is 0 Å². The van der Waals surface area contributed by atoms with Gasteiger partial charge in [0.25, 0.3) is 0 Å². The fourth-order valence-electron chi connectivity index (χ4n) is 7.24. The molecule has 3 amide bonds. The molecule has 246 valence electrons. The van der Waals surface area contributed by atoms with Gasteiger partial charge in [0.1, 0.15) is 17.7 Å². The number of hydrogen-bond donors (Lipinski definition) is 2. The molecular weight excluding hydrogens is 574 g/mol. The van der Waals surface area contributed by atoms with E-state index in [4.69, 9.17) is 9.47 Å². The Morgan fingerprint density at radius 1 is 1.22 bits per heavy atom. The normalized spacial score (nSPS) is 26.2. The van der Waals surface area contributed by atoms with Crippen molar-refractivity contribution in [3.8, 4) is 0 Å². The van der Waals surface area contributed by atoms with E-state index in [0.29, 0.717) is 45.2 Å². The molecule has 3 aliphatic rings. The molecule has 7 atom stereocenters. The Hall–Kier alpha value is -3.50. The van der Waals surface area contributed by atoms with E-state index in [9.17, 15) is 24.3 Å². The zero-order valence-corrected chi connectivity index (χ0v) is 26.7. The monoisotopic (exact) mass is 623 g/mol. The Labute approximate surface area is 266 Å². The van der Waals surface area contributed by atoms with Crippen molar-refractivity contribution in [2.45, 2.75) is 95.1 Å². The number of aliphatic hydroxyl groups excluding tert-OH is 1. The molecule has 10 heteroatoms. The van der Waals surface area contributed by atoms with Crippen molar-refractivity contribution in [1.82, 2.24) is 15.1 Å². The number of rotatable bonds is 18. The number of benzene rings is 1. The number of nitrogens with one attached hydrogen (secondary N) is 1. The lowest BCUT2D eigenvalue weighted by molar-refractivity contribution is -0.160. The topological polar surface area (TPSA) is 125 Å². The summed E-state index contributed by atoms with van der Waals surface area (Å²) in [6.45, 7) is 11.9. The van der Waals surface area contributed by atoms with Crippen LogP contribution in [0.4, 0.5) is 0 Å². The van der Waals surface area contributed by atoms with E-state index in [2.05, 4.69) is 25.4 Å². The Morgan fingerprint density at radius 2 is 1.98 bits per heavy atom. The van der Waals surface area contributed by atoms with E-state index in [1.54, 1.807) is 24.0 Å². The average molecular weight is 624 g/mol. The fourth-order valence-corrected chi connectivity index (χ4v) is 7.24. The Balaban J connectivity index is 1.63. The molecule has 3 heterocycles. The van der Waals surface area contributed by atoms with Gasteiger partial charge in [-0.3, -0.25) is 19.2 Å². The van der Waals surface area contributed by atoms with Crippen LogP contribution in [0.15, 0.2) is 55.6 Å². The van der Waals surface area contributed by atoms with Crippen LogP contribution in [0.1, 0.15) is 64.4 Å². The molecule has 4 rings (SSSR count). The fraction of sp³-hybridized carbons (Fsp3) is 0.600. The Morgan fingerprint density at radius 3 is 2.64 bits per heavy atom. The van der Waals surface area contributed by atoms with Crippen molar-refractivity contribution in [3.05, 3.63) is 61.2 Å². The smallest absolute Gasteiger partial charge is 0.312 e. The summed E-state index contributed by atoms with van der Waals surface area (Å²) in [4.78, 5) is 58.0. The van der Waals surface area contributed by atoms with Gasteiger partial charge in [0.05, 0.1) is 37.1 Å². The quantitative estimate of drug-likeness (QED) is 0.146. The largest absolute Gasteiger partial charge is 0.460 e. The third-order valence-electron chi connectivity index (χ3n) is 9.33. The highest BCUT2D eigenvalue weighted by Crippen LogP contribution is 2.59. The summed E-state index contributed by atoms with van der Waals surface area (Å²) in [5.41, 5.74) is -0.292. The lowest BCUT2D eigenvalue weighted by Gasteiger charge is -2.39. The van der Waals surface area contributed by atoms with Gasteiger partial charge in [-0.25, -0.2) is 0 Å². The second-order valence-electron chi connectivity index (χ2n) is 12.5. The van der Waals surface area contributed by atoms with Crippen LogP contribution in [-0.4, -0.2) is 94.7 Å². The van der Waals surface area contributed by atoms with Gasteiger partial charge in [-0.15, -0.1) is 13.2 Å². The maximum Gasteiger partial charge on any atom is 0.312 e. The average Bonchev–Trinajstić information content (AvgIpc) is 3.68. The molecule has 3 aliphatic heterocycles. The van der Waals surface area contributed by atoms with Crippen LogP contribution in [0.2, 0.25) is 0 Å². The SMILES string of the molecule is C=CCCC(=O)NC[C@@H](C)OC(=O)[C@@H]1[C@H]2C(=O)N([C@@H](CO)Cc3ccccc3)[C@H](C(=O)N(CC=C)CCCCC)[C@]23CC[C@H]1O3. The molecule has 1 aromatic rings. The number of allylic oxidation sites excluding steroid dienone is 1. The number of likely N-dealkylation sites (tertiary alicyclic amines) is 1. The van der Waals surface area contributed by atoms with Crippen molar-refractivity contribution in [2.75, 3.05) is 26.2 Å². The molecule has 1 spiro atoms. The highest BCUT2D eigenvalue weighted by molar-refractivity contribution is 5.98. The van der Waals surface area contributed by atoms with E-state index in [1.807, 2.05) is 30.3 Å². The first-order valence-electron chi connectivity index (χ1n) is 16.3. The van der Waals surface area contributed by atoms with Gasteiger partial charge in [-0.1, -0.05) is 62.2 Å². The van der Waals surface area contributed by atoms with Crippen molar-refractivity contribution < 1.29 is 33.8 Å². The minimum absolute atomic E-state index is 0.134. The number of hydrogen-bond acceptors (Lipinski definition) is 7. The summed E-state index contributed by atoms with van der Waals surface area (Å²) in [6.07, 6.45) is 7.04. The molecule has 10 nitrogen and oxygen atoms in total. The summed E-state index contributed by atoms with van der Waals surface area (Å²) in [5.74, 6) is -3.18. The first-order chi connectivity index (χ1) is 21.7. The summed E-state index contributed by atoms with van der Waals surface area (Å²) in [7, 11) is 0. The van der Waals surface area contributed by atoms with E-state index in [0.717, 1.165) is 24.8 Å². The van der Waals surface area contributed by atoms with Gasteiger partial charge in [0.15, 0.2) is 0 Å². The highest BCUT2D eigenvalue weighted by Gasteiger charge is 2.75. The molecule has 0 aromatic heterocycles. The second-order valence-corrected chi connectivity index (χ2v) is 12.5. The van der Waals surface area contributed by atoms with Gasteiger partial charge in [-0.05, 0) is 44.6 Å². The van der Waals surface area contributed by atoms with Gasteiger partial charge < -0.3 is 29.7 Å². The second kappa shape index (κ2) is 15.7. The lowest BCUT2D eigenvalue weighted by Crippen LogP contribution is -2.59. The highest BCUT2D eigenvalue weighted by atomic mass is 16.6. The van der Waals surface area contributed by atoms with Crippen LogP contribution >= 0.6 is 0 Å². The van der Waals surface area contributed by atoms with Crippen LogP contribution in [0.3, 0.4) is 0 Å². The lowest BCUT2D eigenvalue weighted by atomic mass is 9.70. The van der Waals surface area contributed by atoms with Gasteiger partial charge >= 0.3 is 5.97 Å². The number of fused-ring (bicyclic) bond motifs is 1. The van der Waals surface area contributed by atoms with Crippen LogP contribution < -0.4 is 5.32 Å². The van der Waals surface area contributed by atoms with Crippen molar-refractivity contribution >= 4 is 23.7 Å². The molecule has 0 saturated carbocycles. The van der Waals surface area contributed by atoms with Crippen molar-refractivity contribution in [2.24, 2.45) is 11.8 Å². The predicted molar refractivity (Wildman–Crippen MR) is 170 cm³/mol. The van der Waals surface area contributed by atoms with Crippen LogP contribution in [0, 0.1) is 11.8 Å². The summed E-state index contributed by atoms with van der Waals surface area (Å²) >= 11 is 0. The third kappa shape index (κ3) is 7.33. The Kier molecular flexibility index (Phi) is 12.0. The summed E-state index contributed by atoms with van der Waals surface area (Å²) in [6, 6.07) is 7.84. The van der Waals surface area contributed by atoms with Crippen LogP contribution in [-0.2, 0) is 35.1 Å². The molecule has 0 radical (unpaired) electrons. The Bertz CT molecular complexity index is 1220. The number of aliphatic hydroxyl groups is 1.